The quantitative estimate of drug-likeness (QED) is 0.296. The van der Waals surface area contributed by atoms with Gasteiger partial charge in [0.15, 0.2) is 0 Å². The number of ether oxygens (including phenoxy) is 1. The van der Waals surface area contributed by atoms with Crippen molar-refractivity contribution in [3.63, 3.8) is 0 Å². The number of fused-ring (bicyclic) bond motifs is 6. The Labute approximate surface area is 208 Å². The maximum absolute atomic E-state index is 7.93. The Balaban J connectivity index is 0.00000144. The summed E-state index contributed by atoms with van der Waals surface area (Å²) in [6, 6.07) is 0.540. The van der Waals surface area contributed by atoms with Gasteiger partial charge < -0.3 is 21.2 Å². The molecule has 4 heteroatoms. The SMILES string of the molecule is CC1=C2CC3[C@@H](CCC4CC(N)=C(C=N)C[C@@]43C)C2CC[C@@]2(C1)O[C@@H]1C[C@H](C)CN[C@H]1[C@H]2C.[HH].[HH].[HH].[HH].[HH]. The summed E-state index contributed by atoms with van der Waals surface area (Å²) in [4.78, 5) is 0. The molecule has 4 nitrogen and oxygen atoms in total. The molecule has 3 unspecified atom stereocenters. The number of nitrogens with one attached hydrogen (secondary N) is 2. The van der Waals surface area contributed by atoms with Crippen molar-refractivity contribution in [3.8, 4) is 0 Å². The molecular formula is C29H55N3O. The number of nitrogens with two attached hydrogens (primary N) is 1. The van der Waals surface area contributed by atoms with E-state index in [4.69, 9.17) is 15.9 Å². The summed E-state index contributed by atoms with van der Waals surface area (Å²) in [7, 11) is 0. The highest BCUT2D eigenvalue weighted by Gasteiger charge is 2.59. The van der Waals surface area contributed by atoms with Crippen molar-refractivity contribution in [1.82, 2.24) is 5.32 Å². The molecule has 33 heavy (non-hydrogen) atoms. The van der Waals surface area contributed by atoms with E-state index in [0.29, 0.717) is 29.4 Å². The predicted molar refractivity (Wildman–Crippen MR) is 145 cm³/mol. The summed E-state index contributed by atoms with van der Waals surface area (Å²) in [5.41, 5.74) is 12.3. The largest absolute Gasteiger partial charge is 0.402 e. The van der Waals surface area contributed by atoms with Crippen LogP contribution in [0.5, 0.6) is 0 Å². The van der Waals surface area contributed by atoms with Crippen molar-refractivity contribution >= 4 is 6.21 Å². The molecular weight excluding hydrogens is 406 g/mol. The zero-order valence-corrected chi connectivity index (χ0v) is 21.3. The molecule has 6 rings (SSSR count). The van der Waals surface area contributed by atoms with Crippen LogP contribution in [-0.2, 0) is 4.74 Å². The molecule has 2 heterocycles. The molecule has 0 aromatic heterocycles. The fourth-order valence-electron chi connectivity index (χ4n) is 9.77. The van der Waals surface area contributed by atoms with Gasteiger partial charge in [0.05, 0.1) is 11.7 Å². The molecule has 0 amide bonds. The smallest absolute Gasteiger partial charge is 0.0765 e. The number of hydrogen-bond donors (Lipinski definition) is 3. The average Bonchev–Trinajstić information content (AvgIpc) is 3.24. The van der Waals surface area contributed by atoms with Gasteiger partial charge in [0.25, 0.3) is 0 Å². The van der Waals surface area contributed by atoms with Crippen molar-refractivity contribution in [3.05, 3.63) is 22.4 Å². The molecule has 192 valence electrons. The van der Waals surface area contributed by atoms with Crippen LogP contribution < -0.4 is 11.1 Å². The highest BCUT2D eigenvalue weighted by Crippen LogP contribution is 2.65. The van der Waals surface area contributed by atoms with Gasteiger partial charge in [-0.3, -0.25) is 0 Å². The molecule has 4 N–H and O–H groups in total. The molecule has 0 aromatic rings. The van der Waals surface area contributed by atoms with Crippen LogP contribution in [-0.4, -0.2) is 30.5 Å². The molecule has 2 saturated heterocycles. The van der Waals surface area contributed by atoms with E-state index in [1.165, 1.54) is 38.5 Å². The Kier molecular flexibility index (Phi) is 5.20. The maximum atomic E-state index is 7.93. The van der Waals surface area contributed by atoms with Crippen molar-refractivity contribution in [2.45, 2.75) is 103 Å². The van der Waals surface area contributed by atoms with Gasteiger partial charge in [0.2, 0.25) is 0 Å². The Morgan fingerprint density at radius 3 is 2.79 bits per heavy atom. The van der Waals surface area contributed by atoms with Gasteiger partial charge in [0, 0.05) is 31.0 Å². The van der Waals surface area contributed by atoms with Gasteiger partial charge in [-0.15, -0.1) is 0 Å². The summed E-state index contributed by atoms with van der Waals surface area (Å²) < 4.78 is 7.03. The maximum Gasteiger partial charge on any atom is 0.0765 e. The van der Waals surface area contributed by atoms with Crippen LogP contribution in [0, 0.1) is 46.3 Å². The molecule has 4 aliphatic carbocycles. The monoisotopic (exact) mass is 461 g/mol. The Morgan fingerprint density at radius 1 is 1.18 bits per heavy atom. The highest BCUT2D eigenvalue weighted by molar-refractivity contribution is 5.77. The normalized spacial score (nSPS) is 51.6. The first kappa shape index (κ1) is 22.3. The second-order valence-electron chi connectivity index (χ2n) is 13.2. The summed E-state index contributed by atoms with van der Waals surface area (Å²) in [6.07, 6.45) is 12.8. The third kappa shape index (κ3) is 3.19. The molecule has 2 saturated carbocycles. The molecule has 0 bridgehead atoms. The van der Waals surface area contributed by atoms with Gasteiger partial charge in [-0.05, 0) is 112 Å². The van der Waals surface area contributed by atoms with E-state index in [0.717, 1.165) is 60.7 Å². The van der Waals surface area contributed by atoms with E-state index >= 15 is 0 Å². The summed E-state index contributed by atoms with van der Waals surface area (Å²) in [6.45, 7) is 11.0. The Hall–Kier alpha value is -1.13. The summed E-state index contributed by atoms with van der Waals surface area (Å²) >= 11 is 0. The van der Waals surface area contributed by atoms with Crippen LogP contribution in [0.3, 0.4) is 0 Å². The number of hydrogen-bond acceptors (Lipinski definition) is 4. The standard InChI is InChI=1S/C29H45N3O.5H2/c1-16-9-26-27(32-15-16)18(3)29(33-26)8-7-21-22-6-5-20-10-25(31)19(14-30)13-28(20,4)24(22)11-23(21)17(2)12-29;;;;;/h14,16,18,20-22,24,26-27,30,32H,5-13,15,31H2,1-4H3;5*1H/t16-,18+,20?,21?,22-,24?,26+,27-,28-,29-;;;;;/m0...../s1. The van der Waals surface area contributed by atoms with Gasteiger partial charge in [-0.25, -0.2) is 0 Å². The fraction of sp³-hybridized carbons (Fsp3) is 0.828. The fourth-order valence-corrected chi connectivity index (χ4v) is 9.77. The van der Waals surface area contributed by atoms with Crippen LogP contribution in [0.15, 0.2) is 22.4 Å². The lowest BCUT2D eigenvalue weighted by Crippen LogP contribution is -2.48. The van der Waals surface area contributed by atoms with E-state index in [1.54, 1.807) is 17.4 Å². The van der Waals surface area contributed by atoms with Crippen LogP contribution in [0.1, 0.15) is 92.6 Å². The topological polar surface area (TPSA) is 71.1 Å². The van der Waals surface area contributed by atoms with E-state index in [1.807, 2.05) is 0 Å². The molecule has 2 aliphatic heterocycles. The van der Waals surface area contributed by atoms with Crippen molar-refractivity contribution < 1.29 is 11.9 Å². The van der Waals surface area contributed by atoms with Gasteiger partial charge in [-0.2, -0.15) is 0 Å². The molecule has 0 aromatic carbocycles. The van der Waals surface area contributed by atoms with E-state index in [2.05, 4.69) is 33.0 Å². The lowest BCUT2D eigenvalue weighted by atomic mass is 9.52. The van der Waals surface area contributed by atoms with Gasteiger partial charge in [-0.1, -0.05) is 31.9 Å². The van der Waals surface area contributed by atoms with Crippen molar-refractivity contribution in [1.29, 1.82) is 5.41 Å². The van der Waals surface area contributed by atoms with Crippen molar-refractivity contribution in [2.24, 2.45) is 46.7 Å². The van der Waals surface area contributed by atoms with Gasteiger partial charge in [0.1, 0.15) is 0 Å². The van der Waals surface area contributed by atoms with Crippen LogP contribution in [0.4, 0.5) is 0 Å². The second kappa shape index (κ2) is 7.68. The number of rotatable bonds is 1. The second-order valence-corrected chi connectivity index (χ2v) is 13.2. The molecule has 0 radical (unpaired) electrons. The van der Waals surface area contributed by atoms with E-state index < -0.39 is 0 Å². The number of piperidine rings is 1. The molecule has 1 spiro atoms. The average molecular weight is 462 g/mol. The van der Waals surface area contributed by atoms with Gasteiger partial charge >= 0.3 is 0 Å². The lowest BCUT2D eigenvalue weighted by molar-refractivity contribution is -0.0733. The van der Waals surface area contributed by atoms with Crippen LogP contribution >= 0.6 is 0 Å². The highest BCUT2D eigenvalue weighted by atomic mass is 16.5. The third-order valence-electron chi connectivity index (χ3n) is 11.7. The molecule has 4 fully saturated rings. The van der Waals surface area contributed by atoms with E-state index in [-0.39, 0.29) is 12.7 Å². The lowest BCUT2D eigenvalue weighted by Gasteiger charge is -2.52. The molecule has 10 atom stereocenters. The number of allylic oxidation sites excluding steroid dienone is 3. The summed E-state index contributed by atoms with van der Waals surface area (Å²) in [5.74, 6) is 4.34. The Bertz CT molecular complexity index is 928. The van der Waals surface area contributed by atoms with Crippen LogP contribution in [0.25, 0.3) is 0 Å². The van der Waals surface area contributed by atoms with Crippen LogP contribution in [0.2, 0.25) is 0 Å². The minimum atomic E-state index is 0. The van der Waals surface area contributed by atoms with Crippen molar-refractivity contribution in [2.75, 3.05) is 6.54 Å². The predicted octanol–water partition coefficient (Wildman–Crippen LogP) is 6.81. The third-order valence-corrected chi connectivity index (χ3v) is 11.7. The molecule has 6 aliphatic rings. The zero-order chi connectivity index (χ0) is 23.1. The minimum Gasteiger partial charge on any atom is -0.402 e. The first-order valence-corrected chi connectivity index (χ1v) is 13.8. The van der Waals surface area contributed by atoms with E-state index in [9.17, 15) is 0 Å². The summed E-state index contributed by atoms with van der Waals surface area (Å²) in [5, 5.41) is 11.8. The first-order valence-electron chi connectivity index (χ1n) is 13.8. The Morgan fingerprint density at radius 2 is 2.00 bits per heavy atom. The minimum absolute atomic E-state index is 0. The first-order chi connectivity index (χ1) is 15.8. The zero-order valence-electron chi connectivity index (χ0n) is 21.3.